The van der Waals surface area contributed by atoms with Crippen LogP contribution in [0.15, 0.2) is 18.2 Å². The molecule has 2 rings (SSSR count). The molecule has 100 valence electrons. The van der Waals surface area contributed by atoms with Crippen molar-refractivity contribution in [2.45, 2.75) is 45.2 Å². The smallest absolute Gasteiger partial charge is 0.128 e. The van der Waals surface area contributed by atoms with E-state index in [2.05, 4.69) is 42.4 Å². The van der Waals surface area contributed by atoms with Gasteiger partial charge in [0.15, 0.2) is 0 Å². The third kappa shape index (κ3) is 3.22. The van der Waals surface area contributed by atoms with E-state index in [1.807, 2.05) is 7.05 Å². The van der Waals surface area contributed by atoms with Crippen molar-refractivity contribution in [3.05, 3.63) is 23.9 Å². The average molecular weight is 247 g/mol. The molecule has 0 radical (unpaired) electrons. The Morgan fingerprint density at radius 3 is 2.94 bits per heavy atom. The summed E-state index contributed by atoms with van der Waals surface area (Å²) in [4.78, 5) is 7.10. The van der Waals surface area contributed by atoms with Crippen molar-refractivity contribution >= 4 is 5.82 Å². The molecule has 1 N–H and O–H groups in total. The molecule has 1 aromatic heterocycles. The van der Waals surface area contributed by atoms with E-state index in [-0.39, 0.29) is 0 Å². The molecule has 1 aliphatic carbocycles. The zero-order valence-electron chi connectivity index (χ0n) is 11.8. The first-order valence-corrected chi connectivity index (χ1v) is 7.04. The van der Waals surface area contributed by atoms with Gasteiger partial charge in [0.05, 0.1) is 5.69 Å². The van der Waals surface area contributed by atoms with Crippen LogP contribution in [0.4, 0.5) is 5.82 Å². The maximum atomic E-state index is 4.73. The van der Waals surface area contributed by atoms with Gasteiger partial charge in [-0.2, -0.15) is 0 Å². The lowest BCUT2D eigenvalue weighted by Gasteiger charge is -2.35. The van der Waals surface area contributed by atoms with Gasteiger partial charge in [0.1, 0.15) is 5.82 Å². The van der Waals surface area contributed by atoms with Crippen molar-refractivity contribution in [2.75, 3.05) is 19.0 Å². The summed E-state index contributed by atoms with van der Waals surface area (Å²) in [6.45, 7) is 3.20. The van der Waals surface area contributed by atoms with Crippen LogP contribution in [0, 0.1) is 5.92 Å². The van der Waals surface area contributed by atoms with E-state index in [0.717, 1.165) is 24.0 Å². The highest BCUT2D eigenvalue weighted by atomic mass is 15.2. The number of anilines is 1. The molecule has 0 aliphatic heterocycles. The molecule has 3 heteroatoms. The van der Waals surface area contributed by atoms with Crippen molar-refractivity contribution in [1.82, 2.24) is 10.3 Å². The van der Waals surface area contributed by atoms with E-state index in [9.17, 15) is 0 Å². The van der Waals surface area contributed by atoms with Gasteiger partial charge in [-0.05, 0) is 37.9 Å². The second kappa shape index (κ2) is 6.19. The molecule has 0 saturated heterocycles. The van der Waals surface area contributed by atoms with Crippen molar-refractivity contribution < 1.29 is 0 Å². The fourth-order valence-corrected chi connectivity index (χ4v) is 2.88. The van der Waals surface area contributed by atoms with Gasteiger partial charge in [0, 0.05) is 19.6 Å². The molecule has 1 heterocycles. The van der Waals surface area contributed by atoms with E-state index in [1.165, 1.54) is 25.7 Å². The van der Waals surface area contributed by atoms with Gasteiger partial charge >= 0.3 is 0 Å². The maximum Gasteiger partial charge on any atom is 0.128 e. The van der Waals surface area contributed by atoms with Gasteiger partial charge in [0.25, 0.3) is 0 Å². The first kappa shape index (κ1) is 13.3. The predicted molar refractivity (Wildman–Crippen MR) is 76.8 cm³/mol. The molecule has 2 unspecified atom stereocenters. The fourth-order valence-electron chi connectivity index (χ4n) is 2.88. The number of aromatic nitrogens is 1. The quantitative estimate of drug-likeness (QED) is 0.887. The minimum atomic E-state index is 0.658. The van der Waals surface area contributed by atoms with Gasteiger partial charge in [-0.3, -0.25) is 0 Å². The summed E-state index contributed by atoms with van der Waals surface area (Å²) < 4.78 is 0. The van der Waals surface area contributed by atoms with Gasteiger partial charge in [-0.1, -0.05) is 25.8 Å². The number of hydrogen-bond acceptors (Lipinski definition) is 3. The number of nitrogens with zero attached hydrogens (tertiary/aromatic N) is 2. The Morgan fingerprint density at radius 1 is 1.39 bits per heavy atom. The molecule has 2 atom stereocenters. The normalized spacial score (nSPS) is 23.9. The molecule has 1 saturated carbocycles. The molecule has 0 aromatic carbocycles. The summed E-state index contributed by atoms with van der Waals surface area (Å²) in [7, 11) is 4.15. The summed E-state index contributed by atoms with van der Waals surface area (Å²) in [6.07, 6.45) is 5.34. The molecule has 1 fully saturated rings. The third-order valence-electron chi connectivity index (χ3n) is 3.97. The van der Waals surface area contributed by atoms with Gasteiger partial charge in [-0.15, -0.1) is 0 Å². The number of hydrogen-bond donors (Lipinski definition) is 1. The minimum absolute atomic E-state index is 0.658. The molecule has 3 nitrogen and oxygen atoms in total. The summed E-state index contributed by atoms with van der Waals surface area (Å²) in [5.41, 5.74) is 1.12. The Balaban J connectivity index is 2.07. The van der Waals surface area contributed by atoms with Crippen LogP contribution in [0.1, 0.15) is 38.3 Å². The van der Waals surface area contributed by atoms with Crippen LogP contribution >= 0.6 is 0 Å². The van der Waals surface area contributed by atoms with Crippen molar-refractivity contribution in [3.63, 3.8) is 0 Å². The van der Waals surface area contributed by atoms with Crippen molar-refractivity contribution in [3.8, 4) is 0 Å². The number of nitrogens with one attached hydrogen (secondary N) is 1. The molecular formula is C15H25N3. The zero-order valence-corrected chi connectivity index (χ0v) is 11.8. The van der Waals surface area contributed by atoms with Crippen LogP contribution in [-0.2, 0) is 6.54 Å². The summed E-state index contributed by atoms with van der Waals surface area (Å²) in [6, 6.07) is 6.97. The SMILES string of the molecule is CNCc1cccc(N(C)C2CCCC(C)C2)n1. The highest BCUT2D eigenvalue weighted by molar-refractivity contribution is 5.39. The largest absolute Gasteiger partial charge is 0.357 e. The van der Waals surface area contributed by atoms with Crippen LogP contribution in [0.25, 0.3) is 0 Å². The van der Waals surface area contributed by atoms with Crippen LogP contribution in [0.3, 0.4) is 0 Å². The monoisotopic (exact) mass is 247 g/mol. The average Bonchev–Trinajstić information content (AvgIpc) is 2.39. The lowest BCUT2D eigenvalue weighted by molar-refractivity contribution is 0.335. The van der Waals surface area contributed by atoms with E-state index in [0.29, 0.717) is 6.04 Å². The van der Waals surface area contributed by atoms with E-state index < -0.39 is 0 Å². The molecule has 0 bridgehead atoms. The van der Waals surface area contributed by atoms with Crippen molar-refractivity contribution in [2.24, 2.45) is 5.92 Å². The van der Waals surface area contributed by atoms with Crippen LogP contribution in [0.2, 0.25) is 0 Å². The lowest BCUT2D eigenvalue weighted by Crippen LogP contribution is -2.36. The maximum absolute atomic E-state index is 4.73. The molecule has 0 spiro atoms. The van der Waals surface area contributed by atoms with Crippen LogP contribution in [-0.4, -0.2) is 25.1 Å². The van der Waals surface area contributed by atoms with E-state index in [4.69, 9.17) is 4.98 Å². The topological polar surface area (TPSA) is 28.2 Å². The second-order valence-electron chi connectivity index (χ2n) is 5.55. The first-order valence-electron chi connectivity index (χ1n) is 7.04. The molecule has 1 aliphatic rings. The Morgan fingerprint density at radius 2 is 2.22 bits per heavy atom. The summed E-state index contributed by atoms with van der Waals surface area (Å²) in [5, 5.41) is 3.16. The summed E-state index contributed by atoms with van der Waals surface area (Å²) in [5.74, 6) is 1.97. The van der Waals surface area contributed by atoms with Gasteiger partial charge in [-0.25, -0.2) is 4.98 Å². The Bertz CT molecular complexity index is 378. The zero-order chi connectivity index (χ0) is 13.0. The highest BCUT2D eigenvalue weighted by Gasteiger charge is 2.23. The number of rotatable bonds is 4. The lowest BCUT2D eigenvalue weighted by atomic mass is 9.86. The van der Waals surface area contributed by atoms with Gasteiger partial charge < -0.3 is 10.2 Å². The van der Waals surface area contributed by atoms with E-state index in [1.54, 1.807) is 0 Å². The van der Waals surface area contributed by atoms with E-state index >= 15 is 0 Å². The highest BCUT2D eigenvalue weighted by Crippen LogP contribution is 2.28. The standard InChI is InChI=1S/C15H25N3/c1-12-6-4-8-14(10-12)18(3)15-9-5-7-13(17-15)11-16-2/h5,7,9,12,14,16H,4,6,8,10-11H2,1-3H3. The Hall–Kier alpha value is -1.09. The van der Waals surface area contributed by atoms with Crippen LogP contribution < -0.4 is 10.2 Å². The predicted octanol–water partition coefficient (Wildman–Crippen LogP) is 2.82. The second-order valence-corrected chi connectivity index (χ2v) is 5.55. The third-order valence-corrected chi connectivity index (χ3v) is 3.97. The van der Waals surface area contributed by atoms with Crippen molar-refractivity contribution in [1.29, 1.82) is 0 Å². The molecule has 18 heavy (non-hydrogen) atoms. The Labute approximate surface area is 111 Å². The summed E-state index contributed by atoms with van der Waals surface area (Å²) >= 11 is 0. The fraction of sp³-hybridized carbons (Fsp3) is 0.667. The molecular weight excluding hydrogens is 222 g/mol. The van der Waals surface area contributed by atoms with Crippen LogP contribution in [0.5, 0.6) is 0 Å². The molecule has 0 amide bonds. The molecule has 1 aromatic rings. The number of pyridine rings is 1. The minimum Gasteiger partial charge on any atom is -0.357 e. The first-order chi connectivity index (χ1) is 8.70. The van der Waals surface area contributed by atoms with Gasteiger partial charge in [0.2, 0.25) is 0 Å². The Kier molecular flexibility index (Phi) is 4.59.